The third kappa shape index (κ3) is 5.82. The van der Waals surface area contributed by atoms with E-state index < -0.39 is 0 Å². The van der Waals surface area contributed by atoms with Crippen LogP contribution in [0.5, 0.6) is 0 Å². The molecule has 4 heteroatoms. The summed E-state index contributed by atoms with van der Waals surface area (Å²) in [7, 11) is 8.55. The van der Waals surface area contributed by atoms with Crippen LogP contribution in [0.2, 0.25) is 0 Å². The maximum Gasteiger partial charge on any atom is 0.0510 e. The first-order valence-corrected chi connectivity index (χ1v) is 6.71. The van der Waals surface area contributed by atoms with Gasteiger partial charge in [-0.25, -0.2) is 0 Å². The first kappa shape index (κ1) is 14.9. The van der Waals surface area contributed by atoms with E-state index in [-0.39, 0.29) is 0 Å². The zero-order valence-corrected chi connectivity index (χ0v) is 11.9. The Bertz CT molecular complexity index is 193. The molecule has 0 aliphatic carbocycles. The van der Waals surface area contributed by atoms with E-state index in [4.69, 9.17) is 4.74 Å². The summed E-state index contributed by atoms with van der Waals surface area (Å²) in [4.78, 5) is 4.68. The van der Waals surface area contributed by atoms with Crippen LogP contribution in [0, 0.1) is 5.92 Å². The Morgan fingerprint density at radius 2 is 2.06 bits per heavy atom. The number of hydrogen-bond acceptors (Lipinski definition) is 4. The van der Waals surface area contributed by atoms with Gasteiger partial charge in [0.2, 0.25) is 0 Å². The van der Waals surface area contributed by atoms with Gasteiger partial charge in [-0.1, -0.05) is 0 Å². The summed E-state index contributed by atoms with van der Waals surface area (Å²) in [5.41, 5.74) is 0. The maximum absolute atomic E-state index is 5.47. The highest BCUT2D eigenvalue weighted by Gasteiger charge is 2.25. The fraction of sp³-hybridized carbons (Fsp3) is 1.00. The van der Waals surface area contributed by atoms with Crippen molar-refractivity contribution in [2.24, 2.45) is 5.92 Å². The van der Waals surface area contributed by atoms with Crippen LogP contribution >= 0.6 is 0 Å². The zero-order valence-electron chi connectivity index (χ0n) is 11.9. The largest absolute Gasteiger partial charge is 0.381 e. The quantitative estimate of drug-likeness (QED) is 0.672. The molecule has 1 heterocycles. The molecule has 0 aromatic carbocycles. The second-order valence-corrected chi connectivity index (χ2v) is 5.44. The van der Waals surface area contributed by atoms with Gasteiger partial charge >= 0.3 is 0 Å². The highest BCUT2D eigenvalue weighted by Crippen LogP contribution is 2.17. The van der Waals surface area contributed by atoms with Crippen molar-refractivity contribution in [2.75, 3.05) is 61.0 Å². The molecule has 0 amide bonds. The average molecular weight is 243 g/mol. The van der Waals surface area contributed by atoms with Gasteiger partial charge in [-0.15, -0.1) is 0 Å². The van der Waals surface area contributed by atoms with Crippen LogP contribution in [-0.2, 0) is 4.74 Å². The molecule has 1 N–H and O–H groups in total. The monoisotopic (exact) mass is 243 g/mol. The fourth-order valence-electron chi connectivity index (χ4n) is 2.43. The van der Waals surface area contributed by atoms with Crippen molar-refractivity contribution in [3.63, 3.8) is 0 Å². The molecule has 1 aliphatic rings. The lowest BCUT2D eigenvalue weighted by Gasteiger charge is -2.27. The summed E-state index contributed by atoms with van der Waals surface area (Å²) in [5.74, 6) is 0.691. The van der Waals surface area contributed by atoms with Crippen molar-refractivity contribution in [1.82, 2.24) is 15.1 Å². The van der Waals surface area contributed by atoms with E-state index in [1.165, 1.54) is 25.9 Å². The molecule has 0 spiro atoms. The third-order valence-corrected chi connectivity index (χ3v) is 3.56. The molecule has 1 fully saturated rings. The van der Waals surface area contributed by atoms with Gasteiger partial charge in [0.05, 0.1) is 6.61 Å². The number of hydrogen-bond donors (Lipinski definition) is 1. The molecule has 2 atom stereocenters. The van der Waals surface area contributed by atoms with Crippen molar-refractivity contribution in [2.45, 2.75) is 18.9 Å². The molecule has 0 bridgehead atoms. The van der Waals surface area contributed by atoms with Crippen molar-refractivity contribution in [3.05, 3.63) is 0 Å². The van der Waals surface area contributed by atoms with Gasteiger partial charge in [0.15, 0.2) is 0 Å². The van der Waals surface area contributed by atoms with Crippen LogP contribution in [0.3, 0.4) is 0 Å². The molecular weight excluding hydrogens is 214 g/mol. The normalized spacial score (nSPS) is 22.6. The summed E-state index contributed by atoms with van der Waals surface area (Å²) in [6.45, 7) is 5.33. The van der Waals surface area contributed by atoms with Crippen molar-refractivity contribution in [3.8, 4) is 0 Å². The standard InChI is InChI=1S/C13H29N3O/c1-14-13(12-6-9-17-11-12)10-16(4)8-5-7-15(2)3/h12-14H,5-11H2,1-4H3. The van der Waals surface area contributed by atoms with Gasteiger partial charge in [-0.05, 0) is 54.1 Å². The van der Waals surface area contributed by atoms with E-state index in [2.05, 4.69) is 43.3 Å². The Morgan fingerprint density at radius 3 is 2.59 bits per heavy atom. The SMILES string of the molecule is CNC(CN(C)CCCN(C)C)C1CCOC1. The number of likely N-dealkylation sites (N-methyl/N-ethyl adjacent to an activating group) is 2. The third-order valence-electron chi connectivity index (χ3n) is 3.56. The summed E-state index contributed by atoms with van der Waals surface area (Å²) < 4.78 is 5.47. The van der Waals surface area contributed by atoms with E-state index in [0.717, 1.165) is 19.8 Å². The van der Waals surface area contributed by atoms with E-state index in [0.29, 0.717) is 12.0 Å². The molecule has 0 aromatic rings. The highest BCUT2D eigenvalue weighted by atomic mass is 16.5. The first-order valence-electron chi connectivity index (χ1n) is 6.71. The molecule has 0 radical (unpaired) electrons. The number of nitrogens with one attached hydrogen (secondary N) is 1. The summed E-state index contributed by atoms with van der Waals surface area (Å²) in [6.07, 6.45) is 2.44. The van der Waals surface area contributed by atoms with Crippen LogP contribution < -0.4 is 5.32 Å². The minimum Gasteiger partial charge on any atom is -0.381 e. The Balaban J connectivity index is 2.19. The highest BCUT2D eigenvalue weighted by molar-refractivity contribution is 4.80. The second kappa shape index (κ2) is 8.03. The first-order chi connectivity index (χ1) is 8.13. The molecule has 0 aromatic heterocycles. The van der Waals surface area contributed by atoms with Crippen LogP contribution in [0.15, 0.2) is 0 Å². The lowest BCUT2D eigenvalue weighted by Crippen LogP contribution is -2.43. The molecule has 4 nitrogen and oxygen atoms in total. The number of nitrogens with zero attached hydrogens (tertiary/aromatic N) is 2. The van der Waals surface area contributed by atoms with Gasteiger partial charge in [0.25, 0.3) is 0 Å². The number of ether oxygens (including phenoxy) is 1. The Labute approximate surface area is 106 Å². The van der Waals surface area contributed by atoms with Crippen molar-refractivity contribution >= 4 is 0 Å². The van der Waals surface area contributed by atoms with Gasteiger partial charge in [-0.3, -0.25) is 0 Å². The summed E-state index contributed by atoms with van der Waals surface area (Å²) in [5, 5.41) is 3.44. The summed E-state index contributed by atoms with van der Waals surface area (Å²) >= 11 is 0. The Hall–Kier alpha value is -0.160. The average Bonchev–Trinajstić information content (AvgIpc) is 2.78. The van der Waals surface area contributed by atoms with E-state index in [9.17, 15) is 0 Å². The summed E-state index contributed by atoms with van der Waals surface area (Å²) in [6, 6.07) is 0.571. The van der Waals surface area contributed by atoms with Gasteiger partial charge in [0.1, 0.15) is 0 Å². The second-order valence-electron chi connectivity index (χ2n) is 5.44. The molecule has 102 valence electrons. The van der Waals surface area contributed by atoms with Gasteiger partial charge in [-0.2, -0.15) is 0 Å². The van der Waals surface area contributed by atoms with Crippen molar-refractivity contribution in [1.29, 1.82) is 0 Å². The molecule has 1 saturated heterocycles. The van der Waals surface area contributed by atoms with E-state index in [1.807, 2.05) is 0 Å². The van der Waals surface area contributed by atoms with E-state index in [1.54, 1.807) is 0 Å². The Kier molecular flexibility index (Phi) is 7.04. The predicted octanol–water partition coefficient (Wildman–Crippen LogP) is 0.494. The van der Waals surface area contributed by atoms with Gasteiger partial charge in [0, 0.05) is 25.1 Å². The van der Waals surface area contributed by atoms with Crippen LogP contribution in [0.1, 0.15) is 12.8 Å². The number of rotatable bonds is 8. The minimum atomic E-state index is 0.571. The smallest absolute Gasteiger partial charge is 0.0510 e. The lowest BCUT2D eigenvalue weighted by atomic mass is 9.99. The van der Waals surface area contributed by atoms with Crippen LogP contribution in [0.4, 0.5) is 0 Å². The predicted molar refractivity (Wildman–Crippen MR) is 72.4 cm³/mol. The minimum absolute atomic E-state index is 0.571. The molecular formula is C13H29N3O. The van der Waals surface area contributed by atoms with Crippen molar-refractivity contribution < 1.29 is 4.74 Å². The lowest BCUT2D eigenvalue weighted by molar-refractivity contribution is 0.167. The molecule has 2 unspecified atom stereocenters. The maximum atomic E-state index is 5.47. The molecule has 1 rings (SSSR count). The molecule has 17 heavy (non-hydrogen) atoms. The van der Waals surface area contributed by atoms with Gasteiger partial charge < -0.3 is 19.9 Å². The molecule has 0 saturated carbocycles. The fourth-order valence-corrected chi connectivity index (χ4v) is 2.43. The zero-order chi connectivity index (χ0) is 12.7. The van der Waals surface area contributed by atoms with E-state index >= 15 is 0 Å². The van der Waals surface area contributed by atoms with Crippen LogP contribution in [0.25, 0.3) is 0 Å². The van der Waals surface area contributed by atoms with Crippen LogP contribution in [-0.4, -0.2) is 76.9 Å². The topological polar surface area (TPSA) is 27.7 Å². The molecule has 1 aliphatic heterocycles. The Morgan fingerprint density at radius 1 is 1.29 bits per heavy atom.